The van der Waals surface area contributed by atoms with Gasteiger partial charge in [0.1, 0.15) is 6.10 Å². The number of fused-ring (bicyclic) bond motifs is 1. The van der Waals surface area contributed by atoms with Crippen LogP contribution in [0, 0.1) is 0 Å². The molecule has 5 nitrogen and oxygen atoms in total. The average molecular weight is 152 g/mol. The van der Waals surface area contributed by atoms with Crippen LogP contribution >= 0.6 is 7.82 Å². The van der Waals surface area contributed by atoms with Gasteiger partial charge < -0.3 is 5.11 Å². The summed E-state index contributed by atoms with van der Waals surface area (Å²) < 4.78 is 24.1. The predicted octanol–water partition coefficient (Wildman–Crippen LogP) is 0.206. The molecule has 3 rings (SSSR count). The zero-order valence-corrected chi connectivity index (χ0v) is 5.50. The number of aliphatic hydroxyl groups is 1. The van der Waals surface area contributed by atoms with E-state index >= 15 is 0 Å². The molecule has 1 unspecified atom stereocenters. The summed E-state index contributed by atoms with van der Waals surface area (Å²) >= 11 is 0. The van der Waals surface area contributed by atoms with Gasteiger partial charge in [0, 0.05) is 0 Å². The average Bonchev–Trinajstić information content (AvgIpc) is 1.85. The van der Waals surface area contributed by atoms with E-state index < -0.39 is 19.9 Å². The highest BCUT2D eigenvalue weighted by molar-refractivity contribution is 7.50. The van der Waals surface area contributed by atoms with Crippen LogP contribution in [0.1, 0.15) is 6.92 Å². The van der Waals surface area contributed by atoms with E-state index in [1.807, 2.05) is 0 Å². The summed E-state index contributed by atoms with van der Waals surface area (Å²) in [5.74, 6) is -1.73. The molecular weight excluding hydrogens is 147 g/mol. The molecule has 3 saturated heterocycles. The van der Waals surface area contributed by atoms with Crippen LogP contribution in [0.5, 0.6) is 0 Å². The minimum Gasteiger partial charge on any atom is -0.341 e. The Morgan fingerprint density at radius 1 is 1.67 bits per heavy atom. The quantitative estimate of drug-likeness (QED) is 0.502. The number of phosphoric ester groups is 1. The maximum Gasteiger partial charge on any atom is 0.484 e. The molecule has 9 heavy (non-hydrogen) atoms. The Morgan fingerprint density at radius 2 is 2.22 bits per heavy atom. The lowest BCUT2D eigenvalue weighted by Gasteiger charge is -2.28. The predicted molar refractivity (Wildman–Crippen MR) is 25.3 cm³/mol. The first kappa shape index (κ1) is 5.82. The largest absolute Gasteiger partial charge is 0.484 e. The van der Waals surface area contributed by atoms with Crippen molar-refractivity contribution in [1.29, 1.82) is 0 Å². The van der Waals surface area contributed by atoms with Crippen LogP contribution in [0.25, 0.3) is 0 Å². The third-order valence-corrected chi connectivity index (χ3v) is 2.83. The fourth-order valence-corrected chi connectivity index (χ4v) is 2.34. The first-order valence-corrected chi connectivity index (χ1v) is 3.92. The second-order valence-corrected chi connectivity index (χ2v) is 3.48. The van der Waals surface area contributed by atoms with E-state index in [1.54, 1.807) is 0 Å². The fraction of sp³-hybridized carbons (Fsp3) is 1.00. The maximum absolute atomic E-state index is 10.7. The SMILES string of the molecule is CC1OP2(=O)OC1(O)O2. The lowest BCUT2D eigenvalue weighted by atomic mass is 10.3. The number of hydrogen-bond donors (Lipinski definition) is 1. The Bertz CT molecular complexity index is 182. The molecule has 0 aromatic carbocycles. The van der Waals surface area contributed by atoms with Crippen molar-refractivity contribution in [2.75, 3.05) is 0 Å². The van der Waals surface area contributed by atoms with Crippen molar-refractivity contribution >= 4 is 7.82 Å². The van der Waals surface area contributed by atoms with Gasteiger partial charge in [-0.3, -0.25) is 4.52 Å². The third kappa shape index (κ3) is 0.559. The van der Waals surface area contributed by atoms with Crippen molar-refractivity contribution < 1.29 is 23.2 Å². The molecule has 0 saturated carbocycles. The molecule has 0 aliphatic carbocycles. The smallest absolute Gasteiger partial charge is 0.341 e. The van der Waals surface area contributed by atoms with Crippen molar-refractivity contribution in [2.24, 2.45) is 0 Å². The van der Waals surface area contributed by atoms with Crippen LogP contribution < -0.4 is 0 Å². The Kier molecular flexibility index (Phi) is 0.800. The van der Waals surface area contributed by atoms with E-state index in [-0.39, 0.29) is 0 Å². The minimum absolute atomic E-state index is 0.650. The molecule has 0 radical (unpaired) electrons. The van der Waals surface area contributed by atoms with Crippen molar-refractivity contribution in [3.05, 3.63) is 0 Å². The lowest BCUT2D eigenvalue weighted by Crippen LogP contribution is -2.42. The van der Waals surface area contributed by atoms with E-state index in [2.05, 4.69) is 13.6 Å². The van der Waals surface area contributed by atoms with Crippen molar-refractivity contribution in [2.45, 2.75) is 19.0 Å². The van der Waals surface area contributed by atoms with Gasteiger partial charge in [-0.15, -0.1) is 0 Å². The van der Waals surface area contributed by atoms with E-state index in [0.717, 1.165) is 0 Å². The molecule has 0 spiro atoms. The van der Waals surface area contributed by atoms with E-state index in [4.69, 9.17) is 5.11 Å². The first-order chi connectivity index (χ1) is 4.04. The first-order valence-electron chi connectivity index (χ1n) is 2.46. The normalized spacial score (nSPS) is 63.6. The Balaban J connectivity index is 2.34. The van der Waals surface area contributed by atoms with Gasteiger partial charge in [0.25, 0.3) is 0 Å². The van der Waals surface area contributed by atoms with E-state index in [1.165, 1.54) is 6.92 Å². The molecule has 1 N–H and O–H groups in total. The van der Waals surface area contributed by atoms with Crippen LogP contribution in [-0.4, -0.2) is 17.2 Å². The molecule has 6 heteroatoms. The summed E-state index contributed by atoms with van der Waals surface area (Å²) in [6.07, 6.45) is -0.650. The van der Waals surface area contributed by atoms with E-state index in [0.29, 0.717) is 0 Å². The van der Waals surface area contributed by atoms with Gasteiger partial charge in [0.05, 0.1) is 0 Å². The van der Waals surface area contributed by atoms with Gasteiger partial charge in [-0.2, -0.15) is 0 Å². The Morgan fingerprint density at radius 3 is 2.33 bits per heavy atom. The third-order valence-electron chi connectivity index (χ3n) is 1.29. The molecule has 52 valence electrons. The number of phosphoric acid groups is 1. The fourth-order valence-electron chi connectivity index (χ4n) is 0.779. The Labute approximate surface area is 51.1 Å². The number of rotatable bonds is 0. The van der Waals surface area contributed by atoms with E-state index in [9.17, 15) is 4.57 Å². The monoisotopic (exact) mass is 152 g/mol. The summed E-state index contributed by atoms with van der Waals surface area (Å²) in [5.41, 5.74) is 0. The molecule has 3 heterocycles. The summed E-state index contributed by atoms with van der Waals surface area (Å²) in [4.78, 5) is 0. The van der Waals surface area contributed by atoms with Crippen molar-refractivity contribution in [3.8, 4) is 0 Å². The van der Waals surface area contributed by atoms with Gasteiger partial charge in [0.2, 0.25) is 0 Å². The summed E-state index contributed by atoms with van der Waals surface area (Å²) in [5, 5.41) is 8.95. The highest BCUT2D eigenvalue weighted by Crippen LogP contribution is 2.72. The van der Waals surface area contributed by atoms with Crippen LogP contribution in [0.2, 0.25) is 0 Å². The van der Waals surface area contributed by atoms with Gasteiger partial charge in [-0.1, -0.05) is 0 Å². The lowest BCUT2D eigenvalue weighted by molar-refractivity contribution is -0.321. The molecule has 0 aromatic rings. The molecule has 3 fully saturated rings. The second-order valence-electron chi connectivity index (χ2n) is 2.01. The molecule has 0 aromatic heterocycles. The highest BCUT2D eigenvalue weighted by Gasteiger charge is 2.69. The Hall–Kier alpha value is 0.0700. The molecule has 2 bridgehead atoms. The second kappa shape index (κ2) is 1.24. The van der Waals surface area contributed by atoms with Crippen LogP contribution in [0.15, 0.2) is 0 Å². The molecule has 1 atom stereocenters. The topological polar surface area (TPSA) is 65.0 Å². The highest BCUT2D eigenvalue weighted by atomic mass is 31.2. The zero-order chi connectivity index (χ0) is 6.70. The zero-order valence-electron chi connectivity index (χ0n) is 4.60. The summed E-state index contributed by atoms with van der Waals surface area (Å²) in [6, 6.07) is 0. The standard InChI is InChI=1S/C3H5O5P/c1-2-3(4)7-9(5,6-2)8-3/h2,4H,1H3. The molecule has 0 amide bonds. The molecule has 3 aliphatic heterocycles. The molecular formula is C3H5O5P. The van der Waals surface area contributed by atoms with Crippen molar-refractivity contribution in [3.63, 3.8) is 0 Å². The summed E-state index contributed by atoms with van der Waals surface area (Å²) in [6.45, 7) is 1.52. The molecule has 3 aliphatic rings. The van der Waals surface area contributed by atoms with Crippen LogP contribution in [-0.2, 0) is 18.1 Å². The van der Waals surface area contributed by atoms with Gasteiger partial charge in [-0.25, -0.2) is 13.6 Å². The van der Waals surface area contributed by atoms with Gasteiger partial charge in [0.15, 0.2) is 0 Å². The number of hydrogen-bond acceptors (Lipinski definition) is 5. The maximum atomic E-state index is 10.7. The van der Waals surface area contributed by atoms with Crippen LogP contribution in [0.4, 0.5) is 0 Å². The van der Waals surface area contributed by atoms with Crippen LogP contribution in [0.3, 0.4) is 0 Å². The van der Waals surface area contributed by atoms with Gasteiger partial charge in [-0.05, 0) is 6.92 Å². The summed E-state index contributed by atoms with van der Waals surface area (Å²) in [7, 11) is -3.27. The van der Waals surface area contributed by atoms with Crippen molar-refractivity contribution in [1.82, 2.24) is 0 Å². The van der Waals surface area contributed by atoms with Gasteiger partial charge >= 0.3 is 13.8 Å². The minimum atomic E-state index is -3.27.